The van der Waals surface area contributed by atoms with Crippen molar-refractivity contribution < 1.29 is 4.79 Å². The van der Waals surface area contributed by atoms with Crippen molar-refractivity contribution in [3.63, 3.8) is 0 Å². The quantitative estimate of drug-likeness (QED) is 0.736. The zero-order chi connectivity index (χ0) is 17.8. The Bertz CT molecular complexity index is 836. The predicted molar refractivity (Wildman–Crippen MR) is 105 cm³/mol. The van der Waals surface area contributed by atoms with Crippen LogP contribution in [0.5, 0.6) is 0 Å². The van der Waals surface area contributed by atoms with Gasteiger partial charge in [0.15, 0.2) is 0 Å². The molecule has 5 nitrogen and oxygen atoms in total. The van der Waals surface area contributed by atoms with Crippen molar-refractivity contribution in [2.45, 2.75) is 19.4 Å². The third kappa shape index (κ3) is 3.80. The minimum Gasteiger partial charge on any atom is -0.331 e. The Labute approximate surface area is 157 Å². The van der Waals surface area contributed by atoms with E-state index in [2.05, 4.69) is 33.2 Å². The second-order valence-electron chi connectivity index (χ2n) is 6.61. The Hall–Kier alpha value is -2.60. The highest BCUT2D eigenvalue weighted by molar-refractivity contribution is 7.14. The summed E-state index contributed by atoms with van der Waals surface area (Å²) in [6.07, 6.45) is 5.96. The molecule has 1 saturated heterocycles. The highest BCUT2D eigenvalue weighted by Gasteiger charge is 2.23. The number of anilines is 1. The van der Waals surface area contributed by atoms with Crippen molar-refractivity contribution >= 4 is 22.4 Å². The zero-order valence-corrected chi connectivity index (χ0v) is 15.4. The first-order valence-corrected chi connectivity index (χ1v) is 9.83. The maximum absolute atomic E-state index is 12.3. The molecular formula is C20H22N4OS. The van der Waals surface area contributed by atoms with Gasteiger partial charge in [-0.25, -0.2) is 9.78 Å². The summed E-state index contributed by atoms with van der Waals surface area (Å²) >= 11 is 1.55. The summed E-state index contributed by atoms with van der Waals surface area (Å²) in [4.78, 5) is 18.8. The lowest BCUT2D eigenvalue weighted by Gasteiger charge is -2.32. The standard InChI is InChI=1S/C20H22N4OS/c25-20(22-18-7-4-14-26-18)23-11-8-16(9-12-23)15-24-13-10-21-19(24)17-5-2-1-3-6-17/h1-7,10,13-14,16H,8-9,11-12,15H2,(H,22,25). The van der Waals surface area contributed by atoms with Gasteiger partial charge in [-0.3, -0.25) is 5.32 Å². The average Bonchev–Trinajstić information content (AvgIpc) is 3.35. The molecule has 3 aromatic rings. The SMILES string of the molecule is O=C(Nc1cccs1)N1CCC(Cn2ccnc2-c2ccccc2)CC1. The number of amides is 2. The van der Waals surface area contributed by atoms with Crippen LogP contribution in [0, 0.1) is 5.92 Å². The van der Waals surface area contributed by atoms with Gasteiger partial charge in [0.1, 0.15) is 5.82 Å². The molecule has 1 aliphatic rings. The topological polar surface area (TPSA) is 50.2 Å². The first-order chi connectivity index (χ1) is 12.8. The molecule has 0 radical (unpaired) electrons. The van der Waals surface area contributed by atoms with Crippen LogP contribution in [0.2, 0.25) is 0 Å². The monoisotopic (exact) mass is 366 g/mol. The van der Waals surface area contributed by atoms with Gasteiger partial charge < -0.3 is 9.47 Å². The molecule has 0 spiro atoms. The van der Waals surface area contributed by atoms with E-state index in [1.165, 1.54) is 0 Å². The van der Waals surface area contributed by atoms with E-state index >= 15 is 0 Å². The van der Waals surface area contributed by atoms with E-state index in [4.69, 9.17) is 0 Å². The number of carbonyl (C=O) groups is 1. The molecule has 0 bridgehead atoms. The van der Waals surface area contributed by atoms with Crippen molar-refractivity contribution in [3.8, 4) is 11.4 Å². The Morgan fingerprint density at radius 3 is 2.69 bits per heavy atom. The number of nitrogens with one attached hydrogen (secondary N) is 1. The Morgan fingerprint density at radius 1 is 1.15 bits per heavy atom. The third-order valence-electron chi connectivity index (χ3n) is 4.86. The number of benzene rings is 1. The summed E-state index contributed by atoms with van der Waals surface area (Å²) in [5, 5.41) is 5.85. The summed E-state index contributed by atoms with van der Waals surface area (Å²) in [5.41, 5.74) is 1.14. The Balaban J connectivity index is 1.33. The molecular weight excluding hydrogens is 344 g/mol. The molecule has 1 fully saturated rings. The van der Waals surface area contributed by atoms with Crippen LogP contribution in [0.3, 0.4) is 0 Å². The first-order valence-electron chi connectivity index (χ1n) is 8.95. The van der Waals surface area contributed by atoms with Gasteiger partial charge in [0, 0.05) is 37.6 Å². The molecule has 26 heavy (non-hydrogen) atoms. The van der Waals surface area contributed by atoms with Gasteiger partial charge >= 0.3 is 6.03 Å². The average molecular weight is 366 g/mol. The molecule has 0 saturated carbocycles. The van der Waals surface area contributed by atoms with Gasteiger partial charge in [-0.05, 0) is 36.3 Å². The van der Waals surface area contributed by atoms with Gasteiger partial charge in [0.2, 0.25) is 0 Å². The van der Waals surface area contributed by atoms with Crippen molar-refractivity contribution in [1.82, 2.24) is 14.5 Å². The molecule has 2 amide bonds. The van der Waals surface area contributed by atoms with Crippen LogP contribution < -0.4 is 5.32 Å². The van der Waals surface area contributed by atoms with Crippen molar-refractivity contribution in [2.75, 3.05) is 18.4 Å². The maximum Gasteiger partial charge on any atom is 0.322 e. The van der Waals surface area contributed by atoms with E-state index in [1.54, 1.807) is 11.3 Å². The lowest BCUT2D eigenvalue weighted by molar-refractivity contribution is 0.177. The summed E-state index contributed by atoms with van der Waals surface area (Å²) < 4.78 is 2.24. The van der Waals surface area contributed by atoms with E-state index in [1.807, 2.05) is 46.8 Å². The van der Waals surface area contributed by atoms with Crippen LogP contribution in [0.1, 0.15) is 12.8 Å². The fourth-order valence-corrected chi connectivity index (χ4v) is 4.04. The van der Waals surface area contributed by atoms with Gasteiger partial charge in [-0.1, -0.05) is 30.3 Å². The molecule has 1 aromatic carbocycles. The number of aromatic nitrogens is 2. The number of carbonyl (C=O) groups excluding carboxylic acids is 1. The third-order valence-corrected chi connectivity index (χ3v) is 5.64. The van der Waals surface area contributed by atoms with Crippen LogP contribution in [0.25, 0.3) is 11.4 Å². The zero-order valence-electron chi connectivity index (χ0n) is 14.5. The lowest BCUT2D eigenvalue weighted by Crippen LogP contribution is -2.41. The van der Waals surface area contributed by atoms with Crippen LogP contribution in [-0.2, 0) is 6.54 Å². The predicted octanol–water partition coefficient (Wildman–Crippen LogP) is 4.56. The fraction of sp³-hybridized carbons (Fsp3) is 0.300. The second-order valence-corrected chi connectivity index (χ2v) is 7.55. The smallest absolute Gasteiger partial charge is 0.322 e. The largest absolute Gasteiger partial charge is 0.331 e. The summed E-state index contributed by atoms with van der Waals surface area (Å²) in [7, 11) is 0. The van der Waals surface area contributed by atoms with Crippen LogP contribution in [-0.4, -0.2) is 33.6 Å². The maximum atomic E-state index is 12.3. The van der Waals surface area contributed by atoms with Gasteiger partial charge in [0.05, 0.1) is 5.00 Å². The number of piperidine rings is 1. The molecule has 6 heteroatoms. The van der Waals surface area contributed by atoms with Gasteiger partial charge in [-0.2, -0.15) is 0 Å². The number of rotatable bonds is 4. The number of urea groups is 1. The molecule has 0 unspecified atom stereocenters. The molecule has 0 aliphatic carbocycles. The van der Waals surface area contributed by atoms with E-state index in [-0.39, 0.29) is 6.03 Å². The normalized spacial score (nSPS) is 15.2. The molecule has 2 aromatic heterocycles. The van der Waals surface area contributed by atoms with Crippen LogP contribution in [0.4, 0.5) is 9.80 Å². The number of thiophene rings is 1. The van der Waals surface area contributed by atoms with Gasteiger partial charge in [0.25, 0.3) is 0 Å². The molecule has 1 N–H and O–H groups in total. The summed E-state index contributed by atoms with van der Waals surface area (Å²) in [6, 6.07) is 14.2. The first kappa shape index (κ1) is 16.8. The lowest BCUT2D eigenvalue weighted by atomic mass is 9.97. The molecule has 0 atom stereocenters. The number of likely N-dealkylation sites (tertiary alicyclic amines) is 1. The molecule has 4 rings (SSSR count). The summed E-state index contributed by atoms with van der Waals surface area (Å²) in [5.74, 6) is 1.58. The van der Waals surface area contributed by atoms with E-state index in [9.17, 15) is 4.79 Å². The minimum atomic E-state index is 0.0125. The Morgan fingerprint density at radius 2 is 1.96 bits per heavy atom. The van der Waals surface area contributed by atoms with Crippen LogP contribution >= 0.6 is 11.3 Å². The van der Waals surface area contributed by atoms with E-state index in [0.29, 0.717) is 5.92 Å². The van der Waals surface area contributed by atoms with E-state index in [0.717, 1.165) is 48.9 Å². The minimum absolute atomic E-state index is 0.0125. The number of hydrogen-bond donors (Lipinski definition) is 1. The number of hydrogen-bond acceptors (Lipinski definition) is 3. The van der Waals surface area contributed by atoms with Crippen LogP contribution in [0.15, 0.2) is 60.2 Å². The molecule has 134 valence electrons. The summed E-state index contributed by atoms with van der Waals surface area (Å²) in [6.45, 7) is 2.55. The highest BCUT2D eigenvalue weighted by atomic mass is 32.1. The van der Waals surface area contributed by atoms with Crippen molar-refractivity contribution in [2.24, 2.45) is 5.92 Å². The van der Waals surface area contributed by atoms with Gasteiger partial charge in [-0.15, -0.1) is 11.3 Å². The molecule has 1 aliphatic heterocycles. The van der Waals surface area contributed by atoms with E-state index < -0.39 is 0 Å². The Kier molecular flexibility index (Phi) is 5.02. The number of imidazole rings is 1. The number of nitrogens with zero attached hydrogens (tertiary/aromatic N) is 3. The van der Waals surface area contributed by atoms with Crippen molar-refractivity contribution in [1.29, 1.82) is 0 Å². The fourth-order valence-electron chi connectivity index (χ4n) is 3.44. The van der Waals surface area contributed by atoms with Crippen molar-refractivity contribution in [3.05, 3.63) is 60.2 Å². The second kappa shape index (κ2) is 7.74. The highest BCUT2D eigenvalue weighted by Crippen LogP contribution is 2.24. The molecule has 3 heterocycles.